The largest absolute Gasteiger partial charge is 0.480 e. The van der Waals surface area contributed by atoms with Gasteiger partial charge in [-0.2, -0.15) is 0 Å². The van der Waals surface area contributed by atoms with Crippen LogP contribution < -0.4 is 16.0 Å². The standard InChI is InChI=1S/C20H27N3O5/c1-13(24)9-10-16(20(27)28)22-19(26)17(12-14-6-3-2-4-7-14)23-18(25)15-8-5-11-21-15/h2-4,6-7,15-17,21H,5,8-12H2,1H3,(H,22,26)(H,23,25)(H,27,28)/t15-,16+,17-/m1/s1. The smallest absolute Gasteiger partial charge is 0.326 e. The van der Waals surface area contributed by atoms with Gasteiger partial charge >= 0.3 is 5.97 Å². The molecule has 3 atom stereocenters. The van der Waals surface area contributed by atoms with Gasteiger partial charge in [0.15, 0.2) is 0 Å². The van der Waals surface area contributed by atoms with Crippen molar-refractivity contribution >= 4 is 23.6 Å². The summed E-state index contributed by atoms with van der Waals surface area (Å²) in [4.78, 5) is 47.8. The number of nitrogens with one attached hydrogen (secondary N) is 3. The first kappa shape index (κ1) is 21.6. The molecule has 0 aromatic heterocycles. The number of carboxylic acids is 1. The van der Waals surface area contributed by atoms with Gasteiger partial charge in [-0.05, 0) is 38.3 Å². The van der Waals surface area contributed by atoms with Crippen LogP contribution in [-0.2, 0) is 25.6 Å². The Morgan fingerprint density at radius 3 is 2.43 bits per heavy atom. The Bertz CT molecular complexity index is 701. The molecule has 2 amide bonds. The molecular weight excluding hydrogens is 362 g/mol. The number of aliphatic carboxylic acids is 1. The van der Waals surface area contributed by atoms with Crippen LogP contribution in [0.25, 0.3) is 0 Å². The van der Waals surface area contributed by atoms with Crippen molar-refractivity contribution in [3.05, 3.63) is 35.9 Å². The molecule has 1 aliphatic heterocycles. The lowest BCUT2D eigenvalue weighted by molar-refractivity contribution is -0.142. The monoisotopic (exact) mass is 389 g/mol. The van der Waals surface area contributed by atoms with Gasteiger partial charge < -0.3 is 25.9 Å². The average Bonchev–Trinajstić information content (AvgIpc) is 3.19. The van der Waals surface area contributed by atoms with Crippen LogP contribution in [0.15, 0.2) is 30.3 Å². The molecule has 4 N–H and O–H groups in total. The predicted molar refractivity (Wildman–Crippen MR) is 103 cm³/mol. The Kier molecular flexibility index (Phi) is 8.13. The van der Waals surface area contributed by atoms with Gasteiger partial charge in [-0.15, -0.1) is 0 Å². The molecular formula is C20H27N3O5. The molecule has 1 heterocycles. The van der Waals surface area contributed by atoms with Crippen molar-refractivity contribution in [2.45, 2.75) is 57.2 Å². The third kappa shape index (κ3) is 6.77. The van der Waals surface area contributed by atoms with Crippen LogP contribution in [0.3, 0.4) is 0 Å². The van der Waals surface area contributed by atoms with E-state index in [4.69, 9.17) is 0 Å². The van der Waals surface area contributed by atoms with Crippen molar-refractivity contribution in [2.24, 2.45) is 0 Å². The molecule has 0 aliphatic carbocycles. The van der Waals surface area contributed by atoms with E-state index in [1.165, 1.54) is 6.92 Å². The van der Waals surface area contributed by atoms with Crippen molar-refractivity contribution in [3.8, 4) is 0 Å². The summed E-state index contributed by atoms with van der Waals surface area (Å²) in [5.41, 5.74) is 0.845. The van der Waals surface area contributed by atoms with Gasteiger partial charge in [0.05, 0.1) is 6.04 Å². The lowest BCUT2D eigenvalue weighted by Gasteiger charge is -2.23. The second-order valence-electron chi connectivity index (χ2n) is 7.04. The minimum absolute atomic E-state index is 0.00654. The Morgan fingerprint density at radius 1 is 1.14 bits per heavy atom. The summed E-state index contributed by atoms with van der Waals surface area (Å²) in [6, 6.07) is 6.75. The Balaban J connectivity index is 2.08. The average molecular weight is 389 g/mol. The van der Waals surface area contributed by atoms with Crippen molar-refractivity contribution in [1.82, 2.24) is 16.0 Å². The maximum atomic E-state index is 12.8. The first-order valence-electron chi connectivity index (χ1n) is 9.47. The Morgan fingerprint density at radius 2 is 1.86 bits per heavy atom. The molecule has 1 saturated heterocycles. The van der Waals surface area contributed by atoms with Crippen LogP contribution in [0, 0.1) is 0 Å². The molecule has 0 saturated carbocycles. The number of amides is 2. The van der Waals surface area contributed by atoms with Crippen LogP contribution in [0.5, 0.6) is 0 Å². The zero-order chi connectivity index (χ0) is 20.5. The van der Waals surface area contributed by atoms with E-state index in [9.17, 15) is 24.3 Å². The van der Waals surface area contributed by atoms with E-state index in [1.54, 1.807) is 0 Å². The van der Waals surface area contributed by atoms with Crippen LogP contribution in [0.2, 0.25) is 0 Å². The van der Waals surface area contributed by atoms with Crippen LogP contribution >= 0.6 is 0 Å². The molecule has 1 aliphatic rings. The minimum Gasteiger partial charge on any atom is -0.480 e. The lowest BCUT2D eigenvalue weighted by Crippen LogP contribution is -2.55. The highest BCUT2D eigenvalue weighted by atomic mass is 16.4. The van der Waals surface area contributed by atoms with E-state index in [2.05, 4.69) is 16.0 Å². The quantitative estimate of drug-likeness (QED) is 0.459. The van der Waals surface area contributed by atoms with E-state index in [0.717, 1.165) is 18.5 Å². The number of hydrogen-bond donors (Lipinski definition) is 4. The lowest BCUT2D eigenvalue weighted by atomic mass is 10.0. The van der Waals surface area contributed by atoms with E-state index in [1.807, 2.05) is 30.3 Å². The maximum Gasteiger partial charge on any atom is 0.326 e. The van der Waals surface area contributed by atoms with Gasteiger partial charge in [0, 0.05) is 12.8 Å². The molecule has 8 nitrogen and oxygen atoms in total. The summed E-state index contributed by atoms with van der Waals surface area (Å²) in [5.74, 6) is -2.21. The number of benzene rings is 1. The summed E-state index contributed by atoms with van der Waals surface area (Å²) in [6.45, 7) is 2.12. The molecule has 8 heteroatoms. The van der Waals surface area contributed by atoms with E-state index in [-0.39, 0.29) is 37.0 Å². The van der Waals surface area contributed by atoms with Gasteiger partial charge in [-0.3, -0.25) is 9.59 Å². The summed E-state index contributed by atoms with van der Waals surface area (Å²) >= 11 is 0. The SMILES string of the molecule is CC(=O)CC[C@H](NC(=O)[C@@H](Cc1ccccc1)NC(=O)[C@H]1CCCN1)C(=O)O. The normalized spacial score (nSPS) is 18.1. The highest BCUT2D eigenvalue weighted by molar-refractivity contribution is 5.92. The molecule has 2 rings (SSSR count). The summed E-state index contributed by atoms with van der Waals surface area (Å²) in [5, 5.41) is 17.6. The van der Waals surface area contributed by atoms with E-state index < -0.39 is 24.0 Å². The van der Waals surface area contributed by atoms with Crippen molar-refractivity contribution < 1.29 is 24.3 Å². The summed E-state index contributed by atoms with van der Waals surface area (Å²) in [7, 11) is 0. The summed E-state index contributed by atoms with van der Waals surface area (Å²) in [6.07, 6.45) is 1.89. The van der Waals surface area contributed by atoms with Gasteiger partial charge in [0.25, 0.3) is 0 Å². The van der Waals surface area contributed by atoms with Gasteiger partial charge in [0.1, 0.15) is 17.9 Å². The third-order valence-corrected chi connectivity index (χ3v) is 4.69. The number of carbonyl (C=O) groups excluding carboxylic acids is 3. The van der Waals surface area contributed by atoms with Crippen LogP contribution in [0.1, 0.15) is 38.2 Å². The number of ketones is 1. The molecule has 0 unspecified atom stereocenters. The first-order chi connectivity index (χ1) is 13.4. The number of hydrogen-bond acceptors (Lipinski definition) is 5. The van der Waals surface area contributed by atoms with E-state index >= 15 is 0 Å². The van der Waals surface area contributed by atoms with Gasteiger partial charge in [-0.25, -0.2) is 4.79 Å². The number of carboxylic acid groups (broad SMARTS) is 1. The zero-order valence-corrected chi connectivity index (χ0v) is 15.9. The first-order valence-corrected chi connectivity index (χ1v) is 9.47. The molecule has 0 spiro atoms. The molecule has 152 valence electrons. The fraction of sp³-hybridized carbons (Fsp3) is 0.500. The van der Waals surface area contributed by atoms with Crippen molar-refractivity contribution in [2.75, 3.05) is 6.54 Å². The van der Waals surface area contributed by atoms with E-state index in [0.29, 0.717) is 6.42 Å². The second-order valence-corrected chi connectivity index (χ2v) is 7.04. The van der Waals surface area contributed by atoms with Crippen molar-refractivity contribution in [3.63, 3.8) is 0 Å². The highest BCUT2D eigenvalue weighted by Gasteiger charge is 2.30. The Labute approximate surface area is 164 Å². The number of Topliss-reactive ketones (excluding diaryl/α,β-unsaturated/α-hetero) is 1. The fourth-order valence-corrected chi connectivity index (χ4v) is 3.12. The minimum atomic E-state index is -1.21. The highest BCUT2D eigenvalue weighted by Crippen LogP contribution is 2.09. The van der Waals surface area contributed by atoms with Gasteiger partial charge in [-0.1, -0.05) is 30.3 Å². The molecule has 0 radical (unpaired) electrons. The molecule has 1 fully saturated rings. The Hall–Kier alpha value is -2.74. The number of rotatable bonds is 10. The molecule has 0 bridgehead atoms. The predicted octanol–water partition coefficient (Wildman–Crippen LogP) is 0.405. The molecule has 1 aromatic carbocycles. The maximum absolute atomic E-state index is 12.8. The van der Waals surface area contributed by atoms with Gasteiger partial charge in [0.2, 0.25) is 11.8 Å². The third-order valence-electron chi connectivity index (χ3n) is 4.69. The topological polar surface area (TPSA) is 125 Å². The second kappa shape index (κ2) is 10.6. The molecule has 1 aromatic rings. The van der Waals surface area contributed by atoms with Crippen molar-refractivity contribution in [1.29, 1.82) is 0 Å². The fourth-order valence-electron chi connectivity index (χ4n) is 3.12. The van der Waals surface area contributed by atoms with Crippen LogP contribution in [0.4, 0.5) is 0 Å². The molecule has 28 heavy (non-hydrogen) atoms. The zero-order valence-electron chi connectivity index (χ0n) is 15.9. The number of carbonyl (C=O) groups is 4. The summed E-state index contributed by atoms with van der Waals surface area (Å²) < 4.78 is 0. The van der Waals surface area contributed by atoms with Crippen LogP contribution in [-0.4, -0.2) is 53.3 Å².